The number of rotatable bonds is 9. The second kappa shape index (κ2) is 10.0. The van der Waals surface area contributed by atoms with E-state index in [-0.39, 0.29) is 37.1 Å². The number of amides is 3. The van der Waals surface area contributed by atoms with Gasteiger partial charge >= 0.3 is 6.61 Å². The van der Waals surface area contributed by atoms with Gasteiger partial charge in [0.2, 0.25) is 11.8 Å². The van der Waals surface area contributed by atoms with Crippen molar-refractivity contribution in [3.05, 3.63) is 54.0 Å². The number of nitrogens with one attached hydrogen (secondary N) is 2. The van der Waals surface area contributed by atoms with Gasteiger partial charge in [-0.2, -0.15) is 8.78 Å². The van der Waals surface area contributed by atoms with Crippen LogP contribution in [0.15, 0.2) is 47.1 Å². The molecule has 0 radical (unpaired) electrons. The number of hydrogen-bond acceptors (Lipinski definition) is 5. The maximum Gasteiger partial charge on any atom is 0.387 e. The number of likely N-dealkylation sites (N-methyl/N-ethyl adjacent to an activating group) is 1. The van der Waals surface area contributed by atoms with Gasteiger partial charge in [-0.25, -0.2) is 0 Å². The van der Waals surface area contributed by atoms with E-state index < -0.39 is 18.4 Å². The molecule has 0 unspecified atom stereocenters. The molecule has 1 heterocycles. The topological polar surface area (TPSA) is 101 Å². The molecule has 0 bridgehead atoms. The molecule has 0 aliphatic rings. The summed E-state index contributed by atoms with van der Waals surface area (Å²) in [7, 11) is 1.54. The van der Waals surface area contributed by atoms with Crippen molar-refractivity contribution in [1.29, 1.82) is 0 Å². The standard InChI is InChI=1S/C18H19F2N3O5/c1-23(11-12-4-6-13(7-5-12)28-18(19)20)16(25)10-21-15(24)9-22-17(26)14-3-2-8-27-14/h2-8,18H,9-11H2,1H3,(H,21,24)(H,22,26). The molecule has 28 heavy (non-hydrogen) atoms. The van der Waals surface area contributed by atoms with Crippen LogP contribution in [0.3, 0.4) is 0 Å². The van der Waals surface area contributed by atoms with E-state index in [1.807, 2.05) is 0 Å². The Morgan fingerprint density at radius 2 is 1.82 bits per heavy atom. The van der Waals surface area contributed by atoms with Crippen LogP contribution in [0.25, 0.3) is 0 Å². The van der Waals surface area contributed by atoms with Gasteiger partial charge in [0.1, 0.15) is 5.75 Å². The lowest BCUT2D eigenvalue weighted by Crippen LogP contribution is -2.42. The van der Waals surface area contributed by atoms with Crippen molar-refractivity contribution in [3.63, 3.8) is 0 Å². The molecular weight excluding hydrogens is 376 g/mol. The molecule has 0 saturated carbocycles. The van der Waals surface area contributed by atoms with Crippen LogP contribution in [0.4, 0.5) is 8.78 Å². The Labute approximate surface area is 159 Å². The Kier molecular flexibility index (Phi) is 7.49. The Morgan fingerprint density at radius 1 is 1.11 bits per heavy atom. The second-order valence-electron chi connectivity index (χ2n) is 5.71. The number of benzene rings is 1. The maximum atomic E-state index is 12.1. The molecule has 0 aliphatic carbocycles. The molecular formula is C18H19F2N3O5. The molecule has 10 heteroatoms. The zero-order valence-corrected chi connectivity index (χ0v) is 15.0. The number of furan rings is 1. The second-order valence-corrected chi connectivity index (χ2v) is 5.71. The summed E-state index contributed by atoms with van der Waals surface area (Å²) < 4.78 is 33.4. The van der Waals surface area contributed by atoms with Gasteiger partial charge in [0.25, 0.3) is 5.91 Å². The predicted octanol–water partition coefficient (Wildman–Crippen LogP) is 1.39. The zero-order valence-electron chi connectivity index (χ0n) is 15.0. The van der Waals surface area contributed by atoms with Crippen molar-refractivity contribution in [2.75, 3.05) is 20.1 Å². The van der Waals surface area contributed by atoms with E-state index in [1.54, 1.807) is 18.2 Å². The highest BCUT2D eigenvalue weighted by atomic mass is 19.3. The van der Waals surface area contributed by atoms with Gasteiger partial charge in [0, 0.05) is 13.6 Å². The Balaban J connectivity index is 1.71. The van der Waals surface area contributed by atoms with E-state index in [9.17, 15) is 23.2 Å². The van der Waals surface area contributed by atoms with Crippen LogP contribution < -0.4 is 15.4 Å². The van der Waals surface area contributed by atoms with Crippen molar-refractivity contribution in [1.82, 2.24) is 15.5 Å². The van der Waals surface area contributed by atoms with E-state index in [0.717, 1.165) is 0 Å². The highest BCUT2D eigenvalue weighted by molar-refractivity contribution is 5.94. The zero-order chi connectivity index (χ0) is 20.5. The van der Waals surface area contributed by atoms with Crippen LogP contribution in [0, 0.1) is 0 Å². The quantitative estimate of drug-likeness (QED) is 0.668. The number of ether oxygens (including phenoxy) is 1. The first-order chi connectivity index (χ1) is 13.3. The molecule has 0 aliphatic heterocycles. The lowest BCUT2D eigenvalue weighted by Gasteiger charge is -2.18. The van der Waals surface area contributed by atoms with Gasteiger partial charge in [-0.3, -0.25) is 14.4 Å². The van der Waals surface area contributed by atoms with Crippen LogP contribution in [0.5, 0.6) is 5.75 Å². The van der Waals surface area contributed by atoms with Crippen LogP contribution in [0.1, 0.15) is 16.1 Å². The lowest BCUT2D eigenvalue weighted by molar-refractivity contribution is -0.132. The third-order valence-corrected chi connectivity index (χ3v) is 3.59. The molecule has 8 nitrogen and oxygen atoms in total. The summed E-state index contributed by atoms with van der Waals surface area (Å²) in [5.74, 6) is -1.33. The molecule has 150 valence electrons. The van der Waals surface area contributed by atoms with Gasteiger partial charge < -0.3 is 24.7 Å². The fourth-order valence-corrected chi connectivity index (χ4v) is 2.17. The third-order valence-electron chi connectivity index (χ3n) is 3.59. The smallest absolute Gasteiger partial charge is 0.387 e. The van der Waals surface area contributed by atoms with Crippen molar-refractivity contribution >= 4 is 17.7 Å². The summed E-state index contributed by atoms with van der Waals surface area (Å²) in [5.41, 5.74) is 0.703. The summed E-state index contributed by atoms with van der Waals surface area (Å²) in [6.45, 7) is -3.23. The normalized spacial score (nSPS) is 10.4. The number of nitrogens with zero attached hydrogens (tertiary/aromatic N) is 1. The Morgan fingerprint density at radius 3 is 2.43 bits per heavy atom. The number of hydrogen-bond donors (Lipinski definition) is 2. The van der Waals surface area contributed by atoms with E-state index in [0.29, 0.717) is 5.56 Å². The predicted molar refractivity (Wildman–Crippen MR) is 93.6 cm³/mol. The number of carbonyl (C=O) groups is 3. The van der Waals surface area contributed by atoms with Gasteiger partial charge in [0.05, 0.1) is 19.4 Å². The minimum atomic E-state index is -2.90. The van der Waals surface area contributed by atoms with Gasteiger partial charge in [-0.15, -0.1) is 0 Å². The summed E-state index contributed by atoms with van der Waals surface area (Å²) in [6.07, 6.45) is 1.34. The molecule has 1 aromatic heterocycles. The van der Waals surface area contributed by atoms with Crippen molar-refractivity contribution in [2.45, 2.75) is 13.2 Å². The highest BCUT2D eigenvalue weighted by Gasteiger charge is 2.13. The first kappa shape index (κ1) is 20.9. The molecule has 0 fully saturated rings. The number of alkyl halides is 2. The molecule has 1 aromatic carbocycles. The first-order valence-corrected chi connectivity index (χ1v) is 8.21. The molecule has 0 saturated heterocycles. The maximum absolute atomic E-state index is 12.1. The minimum Gasteiger partial charge on any atom is -0.459 e. The van der Waals surface area contributed by atoms with Crippen molar-refractivity contribution in [3.8, 4) is 5.75 Å². The van der Waals surface area contributed by atoms with E-state index >= 15 is 0 Å². The molecule has 2 aromatic rings. The summed E-state index contributed by atoms with van der Waals surface area (Å²) in [5, 5.41) is 4.76. The van der Waals surface area contributed by atoms with Gasteiger partial charge in [-0.05, 0) is 29.8 Å². The SMILES string of the molecule is CN(Cc1ccc(OC(F)F)cc1)C(=O)CNC(=O)CNC(=O)c1ccco1. The van der Waals surface area contributed by atoms with E-state index in [2.05, 4.69) is 15.4 Å². The van der Waals surface area contributed by atoms with Crippen molar-refractivity contribution in [2.24, 2.45) is 0 Å². The van der Waals surface area contributed by atoms with Crippen LogP contribution in [0.2, 0.25) is 0 Å². The third kappa shape index (κ3) is 6.71. The van der Waals surface area contributed by atoms with Crippen molar-refractivity contribution < 1.29 is 32.3 Å². The van der Waals surface area contributed by atoms with E-state index in [1.165, 1.54) is 36.4 Å². The summed E-state index contributed by atoms with van der Waals surface area (Å²) in [4.78, 5) is 36.8. The highest BCUT2D eigenvalue weighted by Crippen LogP contribution is 2.15. The molecule has 0 spiro atoms. The molecule has 0 atom stereocenters. The summed E-state index contributed by atoms with van der Waals surface area (Å²) >= 11 is 0. The molecule has 3 amide bonds. The minimum absolute atomic E-state index is 0.0246. The average molecular weight is 395 g/mol. The first-order valence-electron chi connectivity index (χ1n) is 8.21. The Hall–Kier alpha value is -3.43. The summed E-state index contributed by atoms with van der Waals surface area (Å²) in [6, 6.07) is 8.88. The number of carbonyl (C=O) groups excluding carboxylic acids is 3. The average Bonchev–Trinajstić information content (AvgIpc) is 3.20. The fraction of sp³-hybridized carbons (Fsp3) is 0.278. The Bertz CT molecular complexity index is 794. The van der Waals surface area contributed by atoms with Crippen LogP contribution >= 0.6 is 0 Å². The number of halogens is 2. The van der Waals surface area contributed by atoms with Crippen LogP contribution in [-0.4, -0.2) is 49.4 Å². The lowest BCUT2D eigenvalue weighted by atomic mass is 10.2. The van der Waals surface area contributed by atoms with Gasteiger partial charge in [0.15, 0.2) is 5.76 Å². The monoisotopic (exact) mass is 395 g/mol. The van der Waals surface area contributed by atoms with E-state index in [4.69, 9.17) is 4.42 Å². The molecule has 2 rings (SSSR count). The van der Waals surface area contributed by atoms with Crippen LogP contribution in [-0.2, 0) is 16.1 Å². The van der Waals surface area contributed by atoms with Gasteiger partial charge in [-0.1, -0.05) is 12.1 Å². The molecule has 2 N–H and O–H groups in total. The fourth-order valence-electron chi connectivity index (χ4n) is 2.17. The largest absolute Gasteiger partial charge is 0.459 e.